The molecule has 0 aliphatic heterocycles. The molecule has 0 spiro atoms. The van der Waals surface area contributed by atoms with E-state index >= 15 is 0 Å². The van der Waals surface area contributed by atoms with Crippen LogP contribution in [0.3, 0.4) is 0 Å². The van der Waals surface area contributed by atoms with Gasteiger partial charge < -0.3 is 5.11 Å². The minimum Gasteiger partial charge on any atom is -0.508 e. The highest BCUT2D eigenvalue weighted by Crippen LogP contribution is 2.34. The van der Waals surface area contributed by atoms with Gasteiger partial charge in [-0.1, -0.05) is 48.0 Å². The second-order valence-corrected chi connectivity index (χ2v) is 6.15. The van der Waals surface area contributed by atoms with Crippen LogP contribution >= 0.6 is 0 Å². The maximum atomic E-state index is 11.0. The van der Waals surface area contributed by atoms with Crippen molar-refractivity contribution in [3.63, 3.8) is 0 Å². The van der Waals surface area contributed by atoms with Crippen LogP contribution in [0, 0.1) is 11.8 Å². The van der Waals surface area contributed by atoms with E-state index in [1.807, 2.05) is 51.1 Å². The summed E-state index contributed by atoms with van der Waals surface area (Å²) in [6, 6.07) is 15.8. The van der Waals surface area contributed by atoms with Crippen molar-refractivity contribution >= 4 is 0 Å². The Kier molecular flexibility index (Phi) is 5.74. The predicted molar refractivity (Wildman–Crippen MR) is 93.4 cm³/mol. The Labute approximate surface area is 137 Å². The van der Waals surface area contributed by atoms with Gasteiger partial charge >= 0.3 is 0 Å². The molecule has 0 heterocycles. The Morgan fingerprint density at radius 3 is 2.43 bits per heavy atom. The van der Waals surface area contributed by atoms with Crippen molar-refractivity contribution in [1.82, 2.24) is 5.01 Å². The van der Waals surface area contributed by atoms with Crippen LogP contribution in [0.15, 0.2) is 53.8 Å². The van der Waals surface area contributed by atoms with Crippen molar-refractivity contribution in [2.75, 3.05) is 6.54 Å². The average Bonchev–Trinajstić information content (AvgIpc) is 2.55. The fourth-order valence-electron chi connectivity index (χ4n) is 2.79. The third-order valence-electron chi connectivity index (χ3n) is 4.11. The molecule has 0 radical (unpaired) electrons. The Hall–Kier alpha value is -2.36. The van der Waals surface area contributed by atoms with E-state index in [0.29, 0.717) is 18.7 Å². The van der Waals surface area contributed by atoms with Gasteiger partial charge in [-0.3, -0.25) is 5.01 Å². The molecule has 1 unspecified atom stereocenters. The zero-order valence-electron chi connectivity index (χ0n) is 13.9. The largest absolute Gasteiger partial charge is 0.508 e. The second kappa shape index (κ2) is 7.77. The molecule has 0 saturated heterocycles. The molecule has 23 heavy (non-hydrogen) atoms. The SMILES string of the molecule is Cc1ccc(O)c(C(CCN(N=O)C(C)C)c2ccccc2)c1. The van der Waals surface area contributed by atoms with E-state index in [1.54, 1.807) is 11.1 Å². The summed E-state index contributed by atoms with van der Waals surface area (Å²) < 4.78 is 0. The second-order valence-electron chi connectivity index (χ2n) is 6.15. The summed E-state index contributed by atoms with van der Waals surface area (Å²) in [6.45, 7) is 6.46. The number of rotatable bonds is 7. The minimum atomic E-state index is 0.0269. The van der Waals surface area contributed by atoms with Gasteiger partial charge in [-0.2, -0.15) is 0 Å². The first kappa shape index (κ1) is 17.0. The number of aromatic hydroxyl groups is 1. The average molecular weight is 312 g/mol. The smallest absolute Gasteiger partial charge is 0.119 e. The highest BCUT2D eigenvalue weighted by atomic mass is 16.3. The number of nitroso groups, excluding NO2 is 1. The standard InChI is InChI=1S/C19H24N2O2/c1-14(2)21(20-23)12-11-17(16-7-5-4-6-8-16)18-13-15(3)9-10-19(18)22/h4-10,13-14,17,22H,11-12H2,1-3H3. The molecule has 1 N–H and O–H groups in total. The van der Waals surface area contributed by atoms with E-state index < -0.39 is 0 Å². The first-order valence-electron chi connectivity index (χ1n) is 7.97. The zero-order valence-corrected chi connectivity index (χ0v) is 13.9. The highest BCUT2D eigenvalue weighted by Gasteiger charge is 2.20. The van der Waals surface area contributed by atoms with Crippen LogP contribution in [0.2, 0.25) is 0 Å². The number of nitrogens with zero attached hydrogens (tertiary/aromatic N) is 2. The zero-order chi connectivity index (χ0) is 16.8. The van der Waals surface area contributed by atoms with Gasteiger partial charge in [0, 0.05) is 24.1 Å². The fourth-order valence-corrected chi connectivity index (χ4v) is 2.79. The summed E-state index contributed by atoms with van der Waals surface area (Å²) in [5.41, 5.74) is 3.13. The number of aryl methyl sites for hydroxylation is 1. The number of benzene rings is 2. The molecule has 0 aliphatic rings. The molecule has 0 bridgehead atoms. The summed E-state index contributed by atoms with van der Waals surface area (Å²) in [7, 11) is 0. The summed E-state index contributed by atoms with van der Waals surface area (Å²) in [5, 5.41) is 15.0. The highest BCUT2D eigenvalue weighted by molar-refractivity contribution is 5.43. The molecule has 0 amide bonds. The van der Waals surface area contributed by atoms with E-state index in [2.05, 4.69) is 17.4 Å². The lowest BCUT2D eigenvalue weighted by Crippen LogP contribution is -2.27. The van der Waals surface area contributed by atoms with Crippen LogP contribution in [0.25, 0.3) is 0 Å². The van der Waals surface area contributed by atoms with E-state index in [-0.39, 0.29) is 12.0 Å². The first-order chi connectivity index (χ1) is 11.0. The molecule has 2 aromatic rings. The van der Waals surface area contributed by atoms with Crippen molar-refractivity contribution < 1.29 is 5.11 Å². The molecule has 4 nitrogen and oxygen atoms in total. The van der Waals surface area contributed by atoms with Gasteiger partial charge in [0.2, 0.25) is 0 Å². The van der Waals surface area contributed by atoms with Gasteiger partial charge in [-0.25, -0.2) is 0 Å². The van der Waals surface area contributed by atoms with E-state index in [0.717, 1.165) is 16.7 Å². The molecule has 0 aliphatic carbocycles. The lowest BCUT2D eigenvalue weighted by atomic mass is 9.87. The molecule has 2 rings (SSSR count). The fraction of sp³-hybridized carbons (Fsp3) is 0.368. The van der Waals surface area contributed by atoms with Gasteiger partial charge in [0.15, 0.2) is 0 Å². The van der Waals surface area contributed by atoms with Gasteiger partial charge in [-0.15, -0.1) is 4.91 Å². The van der Waals surface area contributed by atoms with Gasteiger partial charge in [0.25, 0.3) is 0 Å². The van der Waals surface area contributed by atoms with Crippen LogP contribution in [-0.4, -0.2) is 22.7 Å². The molecular formula is C19H24N2O2. The molecule has 1 atom stereocenters. The van der Waals surface area contributed by atoms with Crippen molar-refractivity contribution in [3.8, 4) is 5.75 Å². The maximum Gasteiger partial charge on any atom is 0.119 e. The van der Waals surface area contributed by atoms with Crippen molar-refractivity contribution in [3.05, 3.63) is 70.1 Å². The lowest BCUT2D eigenvalue weighted by molar-refractivity contribution is 0.222. The predicted octanol–water partition coefficient (Wildman–Crippen LogP) is 4.61. The normalized spacial score (nSPS) is 12.2. The van der Waals surface area contributed by atoms with E-state index in [9.17, 15) is 10.0 Å². The topological polar surface area (TPSA) is 52.9 Å². The minimum absolute atomic E-state index is 0.0269. The molecule has 0 aromatic heterocycles. The van der Waals surface area contributed by atoms with Crippen molar-refractivity contribution in [2.24, 2.45) is 5.29 Å². The number of hydrogen-bond donors (Lipinski definition) is 1. The number of phenolic OH excluding ortho intramolecular Hbond substituents is 1. The van der Waals surface area contributed by atoms with Crippen molar-refractivity contribution in [1.29, 1.82) is 0 Å². The molecule has 2 aromatic carbocycles. The third kappa shape index (κ3) is 4.31. The van der Waals surface area contributed by atoms with Crippen LogP contribution < -0.4 is 0 Å². The molecule has 0 fully saturated rings. The Morgan fingerprint density at radius 1 is 1.13 bits per heavy atom. The quantitative estimate of drug-likeness (QED) is 0.600. The van der Waals surface area contributed by atoms with E-state index in [4.69, 9.17) is 0 Å². The lowest BCUT2D eigenvalue weighted by Gasteiger charge is -2.24. The number of hydrogen-bond acceptors (Lipinski definition) is 3. The Balaban J connectivity index is 2.33. The number of phenols is 1. The van der Waals surface area contributed by atoms with Crippen LogP contribution in [0.1, 0.15) is 42.9 Å². The Bertz CT molecular complexity index is 641. The molecular weight excluding hydrogens is 288 g/mol. The van der Waals surface area contributed by atoms with Crippen LogP contribution in [-0.2, 0) is 0 Å². The summed E-state index contributed by atoms with van der Waals surface area (Å²) in [5.74, 6) is 0.318. The summed E-state index contributed by atoms with van der Waals surface area (Å²) >= 11 is 0. The third-order valence-corrected chi connectivity index (χ3v) is 4.11. The summed E-state index contributed by atoms with van der Waals surface area (Å²) in [4.78, 5) is 11.0. The van der Waals surface area contributed by atoms with Gasteiger partial charge in [-0.05, 0) is 38.8 Å². The molecule has 4 heteroatoms. The monoisotopic (exact) mass is 312 g/mol. The summed E-state index contributed by atoms with van der Waals surface area (Å²) in [6.07, 6.45) is 0.713. The Morgan fingerprint density at radius 2 is 1.83 bits per heavy atom. The maximum absolute atomic E-state index is 11.0. The van der Waals surface area contributed by atoms with Gasteiger partial charge in [0.1, 0.15) is 5.75 Å². The first-order valence-corrected chi connectivity index (χ1v) is 7.97. The van der Waals surface area contributed by atoms with E-state index in [1.165, 1.54) is 0 Å². The van der Waals surface area contributed by atoms with Crippen LogP contribution in [0.4, 0.5) is 0 Å². The van der Waals surface area contributed by atoms with Gasteiger partial charge in [0.05, 0.1) is 5.29 Å². The molecule has 122 valence electrons. The van der Waals surface area contributed by atoms with Crippen LogP contribution in [0.5, 0.6) is 5.75 Å². The molecule has 0 saturated carbocycles. The van der Waals surface area contributed by atoms with Crippen molar-refractivity contribution in [2.45, 2.75) is 39.2 Å².